The van der Waals surface area contributed by atoms with Crippen molar-refractivity contribution in [3.8, 4) is 0 Å². The summed E-state index contributed by atoms with van der Waals surface area (Å²) in [7, 11) is 1.24. The Labute approximate surface area is 93.5 Å². The van der Waals surface area contributed by atoms with Crippen LogP contribution in [0.1, 0.15) is 6.92 Å². The van der Waals surface area contributed by atoms with Gasteiger partial charge in [-0.2, -0.15) is 4.57 Å². The average molecular weight is 247 g/mol. The van der Waals surface area contributed by atoms with Gasteiger partial charge in [0, 0.05) is 5.10 Å². The van der Waals surface area contributed by atoms with Gasteiger partial charge in [-0.1, -0.05) is 0 Å². The van der Waals surface area contributed by atoms with E-state index in [1.54, 1.807) is 0 Å². The minimum absolute atomic E-state index is 0.329. The first-order valence-electron chi connectivity index (χ1n) is 4.42. The zero-order valence-electron chi connectivity index (χ0n) is 8.97. The van der Waals surface area contributed by atoms with E-state index in [-0.39, 0.29) is 6.54 Å². The zero-order valence-corrected chi connectivity index (χ0v) is 8.97. The number of nitro groups is 1. The lowest BCUT2D eigenvalue weighted by Crippen LogP contribution is -2.29. The van der Waals surface area contributed by atoms with Crippen LogP contribution < -0.4 is 5.69 Å². The highest BCUT2D eigenvalue weighted by molar-refractivity contribution is 5.02. The second kappa shape index (κ2) is 4.59. The van der Waals surface area contributed by atoms with E-state index in [0.29, 0.717) is 4.57 Å². The summed E-state index contributed by atoms with van der Waals surface area (Å²) >= 11 is 0. The fourth-order valence-electron chi connectivity index (χ4n) is 1.22. The molecule has 1 unspecified atom stereocenters. The number of aryl methyl sites for hydroxylation is 1. The summed E-state index contributed by atoms with van der Waals surface area (Å²) in [6.45, 7) is 0.982. The lowest BCUT2D eigenvalue weighted by molar-refractivity contribution is -0.768. The minimum atomic E-state index is -1.03. The molecule has 94 valence electrons. The Bertz CT molecular complexity index is 503. The summed E-state index contributed by atoms with van der Waals surface area (Å²) in [6, 6.07) is 0. The Morgan fingerprint density at radius 3 is 2.53 bits per heavy atom. The molecule has 0 amide bonds. The van der Waals surface area contributed by atoms with E-state index in [1.165, 1.54) is 14.0 Å². The lowest BCUT2D eigenvalue weighted by atomic mass is 10.4. The monoisotopic (exact) mass is 247 g/mol. The molecule has 0 bridgehead atoms. The molecule has 0 saturated heterocycles. The summed E-state index contributed by atoms with van der Waals surface area (Å²) in [5.74, 6) is -0.684. The predicted molar refractivity (Wildman–Crippen MR) is 51.7 cm³/mol. The van der Waals surface area contributed by atoms with E-state index in [2.05, 4.69) is 9.94 Å². The standard InChI is InChI=1S/C6H9N5O6/c1-4(17-11(15)16)3-9-5(10(13)14)7-8(2)6(9)12/h4H,3H2,1-2H3. The molecule has 11 nitrogen and oxygen atoms in total. The Morgan fingerprint density at radius 2 is 2.06 bits per heavy atom. The molecule has 0 fully saturated rings. The summed E-state index contributed by atoms with van der Waals surface area (Å²) in [5.41, 5.74) is -0.740. The van der Waals surface area contributed by atoms with Crippen LogP contribution in [0.2, 0.25) is 0 Å². The largest absolute Gasteiger partial charge is 0.459 e. The first-order chi connectivity index (χ1) is 7.82. The number of hydrogen-bond acceptors (Lipinski definition) is 7. The third-order valence-corrected chi connectivity index (χ3v) is 1.86. The van der Waals surface area contributed by atoms with Crippen LogP contribution in [-0.4, -0.2) is 30.5 Å². The van der Waals surface area contributed by atoms with Crippen molar-refractivity contribution in [2.75, 3.05) is 0 Å². The quantitative estimate of drug-likeness (QED) is 0.485. The second-order valence-corrected chi connectivity index (χ2v) is 3.21. The summed E-state index contributed by atoms with van der Waals surface area (Å²) in [5, 5.41) is 23.0. The van der Waals surface area contributed by atoms with Gasteiger partial charge in [0.05, 0.1) is 7.05 Å². The first-order valence-corrected chi connectivity index (χ1v) is 4.42. The van der Waals surface area contributed by atoms with Crippen LogP contribution in [0.4, 0.5) is 5.95 Å². The Morgan fingerprint density at radius 1 is 1.47 bits per heavy atom. The van der Waals surface area contributed by atoms with E-state index < -0.39 is 27.8 Å². The molecule has 1 atom stereocenters. The maximum atomic E-state index is 11.4. The molecular weight excluding hydrogens is 238 g/mol. The Balaban J connectivity index is 3.01. The van der Waals surface area contributed by atoms with Crippen LogP contribution in [0.15, 0.2) is 4.79 Å². The molecule has 1 aromatic rings. The maximum Gasteiger partial charge on any atom is 0.459 e. The van der Waals surface area contributed by atoms with Crippen LogP contribution >= 0.6 is 0 Å². The van der Waals surface area contributed by atoms with E-state index >= 15 is 0 Å². The van der Waals surface area contributed by atoms with Crippen molar-refractivity contribution in [3.63, 3.8) is 0 Å². The molecule has 17 heavy (non-hydrogen) atoms. The van der Waals surface area contributed by atoms with Gasteiger partial charge < -0.3 is 15.0 Å². The van der Waals surface area contributed by atoms with Gasteiger partial charge >= 0.3 is 11.6 Å². The summed E-state index contributed by atoms with van der Waals surface area (Å²) in [6.07, 6.45) is -0.995. The zero-order chi connectivity index (χ0) is 13.2. The molecule has 0 aliphatic carbocycles. The third kappa shape index (κ3) is 2.76. The van der Waals surface area contributed by atoms with Gasteiger partial charge in [0.2, 0.25) is 0 Å². The van der Waals surface area contributed by atoms with Crippen LogP contribution in [0.3, 0.4) is 0 Å². The number of rotatable bonds is 5. The molecule has 0 aromatic carbocycles. The van der Waals surface area contributed by atoms with Crippen molar-refractivity contribution in [1.82, 2.24) is 14.3 Å². The molecule has 1 heterocycles. The normalized spacial score (nSPS) is 12.1. The highest BCUT2D eigenvalue weighted by Gasteiger charge is 2.25. The molecule has 0 spiro atoms. The van der Waals surface area contributed by atoms with E-state index in [4.69, 9.17) is 0 Å². The topological polar surface area (TPSA) is 135 Å². The van der Waals surface area contributed by atoms with Crippen molar-refractivity contribution < 1.29 is 14.8 Å². The number of aromatic nitrogens is 3. The molecule has 1 aromatic heterocycles. The molecule has 0 aliphatic heterocycles. The van der Waals surface area contributed by atoms with Crippen LogP contribution in [-0.2, 0) is 18.4 Å². The molecule has 0 radical (unpaired) electrons. The number of nitrogens with zero attached hydrogens (tertiary/aromatic N) is 5. The highest BCUT2D eigenvalue weighted by atomic mass is 17.0. The SMILES string of the molecule is CC(Cn1c([N+](=O)[O-])nn(C)c1=O)O[N+](=O)[O-]. The van der Waals surface area contributed by atoms with Gasteiger partial charge in [-0.15, -0.1) is 14.8 Å². The molecule has 1 rings (SSSR count). The smallest absolute Gasteiger partial charge is 0.390 e. The van der Waals surface area contributed by atoms with Crippen molar-refractivity contribution >= 4 is 5.95 Å². The lowest BCUT2D eigenvalue weighted by Gasteiger charge is -2.06. The summed E-state index contributed by atoms with van der Waals surface area (Å²) in [4.78, 5) is 35.4. The van der Waals surface area contributed by atoms with Gasteiger partial charge in [-0.25, -0.2) is 4.79 Å². The van der Waals surface area contributed by atoms with Gasteiger partial charge in [-0.05, 0) is 11.8 Å². The van der Waals surface area contributed by atoms with Crippen molar-refractivity contribution in [2.45, 2.75) is 19.6 Å². The molecular formula is C6H9N5O6. The number of hydrogen-bond donors (Lipinski definition) is 0. The van der Waals surface area contributed by atoms with Crippen molar-refractivity contribution in [1.29, 1.82) is 0 Å². The van der Waals surface area contributed by atoms with E-state index in [9.17, 15) is 25.0 Å². The van der Waals surface area contributed by atoms with E-state index in [1.807, 2.05) is 0 Å². The summed E-state index contributed by atoms with van der Waals surface area (Å²) < 4.78 is 1.48. The predicted octanol–water partition coefficient (Wildman–Crippen LogP) is -0.913. The second-order valence-electron chi connectivity index (χ2n) is 3.21. The Kier molecular flexibility index (Phi) is 3.40. The van der Waals surface area contributed by atoms with Crippen molar-refractivity contribution in [3.05, 3.63) is 30.7 Å². The van der Waals surface area contributed by atoms with Crippen LogP contribution in [0.5, 0.6) is 0 Å². The molecule has 0 saturated carbocycles. The van der Waals surface area contributed by atoms with Crippen LogP contribution in [0, 0.1) is 20.2 Å². The Hall–Kier alpha value is -2.46. The van der Waals surface area contributed by atoms with Gasteiger partial charge in [0.1, 0.15) is 12.6 Å². The molecule has 0 N–H and O–H groups in total. The van der Waals surface area contributed by atoms with Crippen LogP contribution in [0.25, 0.3) is 0 Å². The average Bonchev–Trinajstić information content (AvgIpc) is 2.44. The van der Waals surface area contributed by atoms with E-state index in [0.717, 1.165) is 4.68 Å². The fourth-order valence-corrected chi connectivity index (χ4v) is 1.22. The minimum Gasteiger partial charge on any atom is -0.390 e. The fraction of sp³-hybridized carbons (Fsp3) is 0.667. The first kappa shape index (κ1) is 12.6. The van der Waals surface area contributed by atoms with Crippen molar-refractivity contribution in [2.24, 2.45) is 7.05 Å². The molecule has 0 aliphatic rings. The highest BCUT2D eigenvalue weighted by Crippen LogP contribution is 2.05. The maximum absolute atomic E-state index is 11.4. The van der Waals surface area contributed by atoms with Gasteiger partial charge in [0.25, 0.3) is 5.09 Å². The third-order valence-electron chi connectivity index (χ3n) is 1.86. The van der Waals surface area contributed by atoms with Gasteiger partial charge in [-0.3, -0.25) is 0 Å². The van der Waals surface area contributed by atoms with Gasteiger partial charge in [0.15, 0.2) is 0 Å². The molecule has 11 heteroatoms.